The molecule has 1 N–H and O–H groups in total. The molecule has 2 fully saturated rings. The fourth-order valence-electron chi connectivity index (χ4n) is 4.37. The molecular formula is C24H25N7O3S. The molecule has 0 aromatic carbocycles. The minimum atomic E-state index is -0.342. The zero-order chi connectivity index (χ0) is 23.8. The number of anilines is 3. The number of hydrogen-bond donors (Lipinski definition) is 1. The molecule has 0 atom stereocenters. The van der Waals surface area contributed by atoms with Crippen molar-refractivity contribution < 1.29 is 13.9 Å². The Hall–Kier alpha value is -3.57. The number of nitrogens with one attached hydrogen (secondary N) is 1. The summed E-state index contributed by atoms with van der Waals surface area (Å²) in [7, 11) is 0. The molecule has 2 saturated heterocycles. The third-order valence-corrected chi connectivity index (χ3v) is 7.22. The average molecular weight is 492 g/mol. The quantitative estimate of drug-likeness (QED) is 0.446. The van der Waals surface area contributed by atoms with E-state index in [9.17, 15) is 4.79 Å². The number of carbonyl (C=O) groups is 1. The Morgan fingerprint density at radius 2 is 1.89 bits per heavy atom. The Morgan fingerprint density at radius 3 is 2.69 bits per heavy atom. The summed E-state index contributed by atoms with van der Waals surface area (Å²) in [4.78, 5) is 35.9. The molecule has 0 bridgehead atoms. The van der Waals surface area contributed by atoms with Crippen LogP contribution in [0, 0.1) is 6.92 Å². The van der Waals surface area contributed by atoms with Crippen LogP contribution in [0.3, 0.4) is 0 Å². The molecule has 10 nitrogen and oxygen atoms in total. The van der Waals surface area contributed by atoms with Gasteiger partial charge >= 0.3 is 0 Å². The van der Waals surface area contributed by atoms with Gasteiger partial charge in [-0.25, -0.2) is 9.97 Å². The molecule has 0 radical (unpaired) electrons. The Bertz CT molecular complexity index is 1370. The van der Waals surface area contributed by atoms with E-state index in [4.69, 9.17) is 19.1 Å². The van der Waals surface area contributed by atoms with Crippen LogP contribution < -0.4 is 15.1 Å². The lowest BCUT2D eigenvalue weighted by molar-refractivity contribution is 0.102. The van der Waals surface area contributed by atoms with Gasteiger partial charge in [-0.15, -0.1) is 0 Å². The minimum Gasteiger partial charge on any atom is -0.444 e. The lowest BCUT2D eigenvalue weighted by atomic mass is 10.2. The molecule has 0 spiro atoms. The van der Waals surface area contributed by atoms with Crippen LogP contribution in [0.4, 0.5) is 16.6 Å². The predicted octanol–water partition coefficient (Wildman–Crippen LogP) is 3.74. The fourth-order valence-corrected chi connectivity index (χ4v) is 5.37. The summed E-state index contributed by atoms with van der Waals surface area (Å²) in [5.41, 5.74) is 3.19. The summed E-state index contributed by atoms with van der Waals surface area (Å²) in [5.74, 6) is 0.785. The summed E-state index contributed by atoms with van der Waals surface area (Å²) in [6.07, 6.45) is 5.27. The Balaban J connectivity index is 1.31. The number of nitrogens with zero attached hydrogens (tertiary/aromatic N) is 6. The second-order valence-electron chi connectivity index (χ2n) is 8.65. The SMILES string of the molecule is Cc1cc(-c2nc(C(=O)Nc3cc4sc(N5CCOCC5)nc4nc3N3CCCC3)co2)ccn1. The number of pyridine rings is 2. The molecule has 35 heavy (non-hydrogen) atoms. The highest BCUT2D eigenvalue weighted by Gasteiger charge is 2.24. The van der Waals surface area contributed by atoms with Crippen molar-refractivity contribution >= 4 is 44.2 Å². The van der Waals surface area contributed by atoms with Crippen molar-refractivity contribution in [2.24, 2.45) is 0 Å². The van der Waals surface area contributed by atoms with Gasteiger partial charge in [0, 0.05) is 43.6 Å². The van der Waals surface area contributed by atoms with Crippen LogP contribution in [0.2, 0.25) is 0 Å². The van der Waals surface area contributed by atoms with Crippen molar-refractivity contribution in [3.63, 3.8) is 0 Å². The maximum absolute atomic E-state index is 13.2. The van der Waals surface area contributed by atoms with Crippen LogP contribution in [0.25, 0.3) is 21.8 Å². The van der Waals surface area contributed by atoms with E-state index in [0.29, 0.717) is 30.4 Å². The molecule has 1 amide bonds. The maximum Gasteiger partial charge on any atom is 0.277 e. The van der Waals surface area contributed by atoms with Gasteiger partial charge in [0.2, 0.25) is 5.89 Å². The summed E-state index contributed by atoms with van der Waals surface area (Å²) < 4.78 is 12.0. The van der Waals surface area contributed by atoms with Gasteiger partial charge in [-0.1, -0.05) is 11.3 Å². The molecule has 4 aromatic rings. The van der Waals surface area contributed by atoms with Gasteiger partial charge in [0.05, 0.1) is 23.6 Å². The molecule has 6 heterocycles. The van der Waals surface area contributed by atoms with Crippen molar-refractivity contribution in [3.8, 4) is 11.5 Å². The van der Waals surface area contributed by atoms with E-state index in [1.165, 1.54) is 6.26 Å². The van der Waals surface area contributed by atoms with Gasteiger partial charge in [0.25, 0.3) is 5.91 Å². The third kappa shape index (κ3) is 4.44. The number of morpholine rings is 1. The van der Waals surface area contributed by atoms with Crippen LogP contribution in [0.1, 0.15) is 29.0 Å². The van der Waals surface area contributed by atoms with E-state index in [0.717, 1.165) is 65.9 Å². The summed E-state index contributed by atoms with van der Waals surface area (Å²) in [5, 5.41) is 3.96. The van der Waals surface area contributed by atoms with Crippen molar-refractivity contribution in [2.45, 2.75) is 19.8 Å². The molecule has 180 valence electrons. The number of thiazole rings is 1. The topological polar surface area (TPSA) is 110 Å². The molecular weight excluding hydrogens is 466 g/mol. The Labute approximate surface area is 206 Å². The Kier molecular flexibility index (Phi) is 5.78. The summed E-state index contributed by atoms with van der Waals surface area (Å²) in [6, 6.07) is 5.65. The van der Waals surface area contributed by atoms with E-state index < -0.39 is 0 Å². The van der Waals surface area contributed by atoms with Gasteiger partial charge in [-0.3, -0.25) is 9.78 Å². The van der Waals surface area contributed by atoms with Crippen molar-refractivity contribution in [2.75, 3.05) is 54.5 Å². The molecule has 2 aliphatic rings. The van der Waals surface area contributed by atoms with E-state index in [1.807, 2.05) is 19.1 Å². The fraction of sp³-hybridized carbons (Fsp3) is 0.375. The number of aromatic nitrogens is 4. The van der Waals surface area contributed by atoms with E-state index >= 15 is 0 Å². The van der Waals surface area contributed by atoms with E-state index in [1.54, 1.807) is 23.6 Å². The molecule has 0 saturated carbocycles. The highest BCUT2D eigenvalue weighted by molar-refractivity contribution is 7.22. The normalized spacial score (nSPS) is 16.3. The number of carbonyl (C=O) groups excluding carboxylic acids is 1. The number of aryl methyl sites for hydroxylation is 1. The zero-order valence-corrected chi connectivity index (χ0v) is 20.2. The highest BCUT2D eigenvalue weighted by Crippen LogP contribution is 2.36. The zero-order valence-electron chi connectivity index (χ0n) is 19.4. The molecule has 6 rings (SSSR count). The molecule has 2 aliphatic heterocycles. The number of amides is 1. The molecule has 11 heteroatoms. The van der Waals surface area contributed by atoms with Crippen molar-refractivity contribution in [1.29, 1.82) is 0 Å². The second kappa shape index (κ2) is 9.23. The molecule has 0 unspecified atom stereocenters. The second-order valence-corrected chi connectivity index (χ2v) is 9.66. The van der Waals surface area contributed by atoms with Crippen LogP contribution in [0.5, 0.6) is 0 Å². The first-order valence-electron chi connectivity index (χ1n) is 11.7. The molecule has 0 aliphatic carbocycles. The smallest absolute Gasteiger partial charge is 0.277 e. The number of hydrogen-bond acceptors (Lipinski definition) is 10. The van der Waals surface area contributed by atoms with Crippen molar-refractivity contribution in [3.05, 3.63) is 42.0 Å². The van der Waals surface area contributed by atoms with Gasteiger partial charge in [-0.05, 0) is 38.0 Å². The number of oxazole rings is 1. The van der Waals surface area contributed by atoms with Gasteiger partial charge < -0.3 is 24.3 Å². The monoisotopic (exact) mass is 491 g/mol. The highest BCUT2D eigenvalue weighted by atomic mass is 32.1. The van der Waals surface area contributed by atoms with Gasteiger partial charge in [0.15, 0.2) is 22.3 Å². The first-order chi connectivity index (χ1) is 17.1. The standard InChI is InChI=1S/C24H25N7O3S/c1-15-12-16(4-5-25-15)23-27-18(14-34-23)22(32)26-17-13-19-20(28-21(17)30-6-2-3-7-30)29-24(35-19)31-8-10-33-11-9-31/h4-5,12-14H,2-3,6-11H2,1H3,(H,26,32). The first-order valence-corrected chi connectivity index (χ1v) is 12.5. The third-order valence-electron chi connectivity index (χ3n) is 6.17. The largest absolute Gasteiger partial charge is 0.444 e. The van der Waals surface area contributed by atoms with E-state index in [-0.39, 0.29) is 11.6 Å². The number of fused-ring (bicyclic) bond motifs is 1. The summed E-state index contributed by atoms with van der Waals surface area (Å²) >= 11 is 1.58. The summed E-state index contributed by atoms with van der Waals surface area (Å²) in [6.45, 7) is 6.72. The van der Waals surface area contributed by atoms with Gasteiger partial charge in [0.1, 0.15) is 6.26 Å². The van der Waals surface area contributed by atoms with Crippen LogP contribution >= 0.6 is 11.3 Å². The number of rotatable bonds is 5. The Morgan fingerprint density at radius 1 is 1.06 bits per heavy atom. The van der Waals surface area contributed by atoms with Gasteiger partial charge in [-0.2, -0.15) is 4.98 Å². The minimum absolute atomic E-state index is 0.209. The van der Waals surface area contributed by atoms with Crippen LogP contribution in [0.15, 0.2) is 35.1 Å². The van der Waals surface area contributed by atoms with Crippen molar-refractivity contribution in [1.82, 2.24) is 19.9 Å². The maximum atomic E-state index is 13.2. The first kappa shape index (κ1) is 21.9. The average Bonchev–Trinajstić information content (AvgIpc) is 3.65. The molecule has 4 aromatic heterocycles. The lowest BCUT2D eigenvalue weighted by Gasteiger charge is -2.25. The number of ether oxygens (including phenoxy) is 1. The van der Waals surface area contributed by atoms with Crippen LogP contribution in [-0.2, 0) is 4.74 Å². The van der Waals surface area contributed by atoms with E-state index in [2.05, 4.69) is 25.1 Å². The predicted molar refractivity (Wildman–Crippen MR) is 134 cm³/mol. The van der Waals surface area contributed by atoms with Crippen LogP contribution in [-0.4, -0.2) is 65.2 Å². The lowest BCUT2D eigenvalue weighted by Crippen LogP contribution is -2.36.